The third kappa shape index (κ3) is 3.73. The molecule has 0 radical (unpaired) electrons. The van der Waals surface area contributed by atoms with Gasteiger partial charge in [-0.05, 0) is 60.9 Å². The maximum Gasteiger partial charge on any atom is 0.264 e. The van der Waals surface area contributed by atoms with Crippen LogP contribution in [0.15, 0.2) is 48.5 Å². The lowest BCUT2D eigenvalue weighted by molar-refractivity contribution is -0.139. The summed E-state index contributed by atoms with van der Waals surface area (Å²) in [6.45, 7) is 1.47. The van der Waals surface area contributed by atoms with E-state index in [0.29, 0.717) is 19.0 Å². The number of rotatable bonds is 7. The summed E-state index contributed by atoms with van der Waals surface area (Å²) >= 11 is 0. The van der Waals surface area contributed by atoms with Crippen LogP contribution in [-0.4, -0.2) is 29.6 Å². The van der Waals surface area contributed by atoms with Crippen LogP contribution in [0, 0.1) is 5.92 Å². The predicted molar refractivity (Wildman–Crippen MR) is 107 cm³/mol. The lowest BCUT2D eigenvalue weighted by Crippen LogP contribution is -2.42. The van der Waals surface area contributed by atoms with Crippen molar-refractivity contribution in [1.82, 2.24) is 4.90 Å². The van der Waals surface area contributed by atoms with Gasteiger partial charge in [0.1, 0.15) is 11.5 Å². The van der Waals surface area contributed by atoms with E-state index in [1.807, 2.05) is 41.3 Å². The van der Waals surface area contributed by atoms with Gasteiger partial charge in [-0.25, -0.2) is 0 Å². The van der Waals surface area contributed by atoms with Gasteiger partial charge in [0.05, 0.1) is 6.61 Å². The largest absolute Gasteiger partial charge is 0.493 e. The minimum Gasteiger partial charge on any atom is -0.493 e. The van der Waals surface area contributed by atoms with Crippen molar-refractivity contribution < 1.29 is 14.3 Å². The van der Waals surface area contributed by atoms with Crippen LogP contribution in [0.1, 0.15) is 43.2 Å². The summed E-state index contributed by atoms with van der Waals surface area (Å²) in [6.07, 6.45) is 6.40. The maximum atomic E-state index is 13.2. The van der Waals surface area contributed by atoms with Gasteiger partial charge in [0.15, 0.2) is 6.10 Å². The van der Waals surface area contributed by atoms with Gasteiger partial charge < -0.3 is 14.4 Å². The predicted octanol–water partition coefficient (Wildman–Crippen LogP) is 4.36. The van der Waals surface area contributed by atoms with Crippen molar-refractivity contribution in [1.29, 1.82) is 0 Å². The molecule has 2 fully saturated rings. The Morgan fingerprint density at radius 2 is 1.82 bits per heavy atom. The molecule has 146 valence electrons. The molecule has 1 atom stereocenters. The molecule has 0 bridgehead atoms. The Morgan fingerprint density at radius 1 is 1.04 bits per heavy atom. The van der Waals surface area contributed by atoms with E-state index in [4.69, 9.17) is 9.47 Å². The molecule has 4 nitrogen and oxygen atoms in total. The molecule has 2 aromatic carbocycles. The van der Waals surface area contributed by atoms with Gasteiger partial charge in [0.2, 0.25) is 0 Å². The van der Waals surface area contributed by atoms with E-state index in [1.165, 1.54) is 19.3 Å². The number of amides is 1. The lowest BCUT2D eigenvalue weighted by atomic mass is 9.86. The molecular weight excluding hydrogens is 350 g/mol. The quantitative estimate of drug-likeness (QED) is 0.720. The molecule has 3 aliphatic rings. The number of carbonyl (C=O) groups is 1. The van der Waals surface area contributed by atoms with E-state index in [1.54, 1.807) is 0 Å². The highest BCUT2D eigenvalue weighted by atomic mass is 16.5. The number of fused-ring (bicyclic) bond motifs is 1. The van der Waals surface area contributed by atoms with Crippen LogP contribution in [0.4, 0.5) is 0 Å². The summed E-state index contributed by atoms with van der Waals surface area (Å²) in [6, 6.07) is 16.6. The van der Waals surface area contributed by atoms with E-state index >= 15 is 0 Å². The molecule has 5 rings (SSSR count). The number of hydrogen-bond acceptors (Lipinski definition) is 3. The molecule has 1 amide bonds. The van der Waals surface area contributed by atoms with Gasteiger partial charge in [-0.2, -0.15) is 0 Å². The molecule has 1 aliphatic heterocycles. The first-order valence-corrected chi connectivity index (χ1v) is 10.5. The monoisotopic (exact) mass is 377 g/mol. The van der Waals surface area contributed by atoms with Crippen LogP contribution in [0.25, 0.3) is 0 Å². The van der Waals surface area contributed by atoms with Crippen LogP contribution in [-0.2, 0) is 17.8 Å². The van der Waals surface area contributed by atoms with Crippen molar-refractivity contribution in [2.45, 2.75) is 57.2 Å². The molecule has 0 spiro atoms. The van der Waals surface area contributed by atoms with E-state index in [2.05, 4.69) is 12.1 Å². The topological polar surface area (TPSA) is 38.8 Å². The van der Waals surface area contributed by atoms with Gasteiger partial charge >= 0.3 is 0 Å². The van der Waals surface area contributed by atoms with E-state index < -0.39 is 0 Å². The zero-order chi connectivity index (χ0) is 18.9. The Kier molecular flexibility index (Phi) is 4.71. The molecule has 2 saturated carbocycles. The van der Waals surface area contributed by atoms with Crippen LogP contribution < -0.4 is 9.47 Å². The average Bonchev–Trinajstić information content (AvgIpc) is 3.43. The summed E-state index contributed by atoms with van der Waals surface area (Å²) in [5, 5.41) is 0. The number of hydrogen-bond donors (Lipinski definition) is 0. The number of carbonyl (C=O) groups excluding carboxylic acids is 1. The molecular formula is C24H27NO3. The Balaban J connectivity index is 1.21. The molecule has 1 heterocycles. The van der Waals surface area contributed by atoms with Crippen LogP contribution >= 0.6 is 0 Å². The minimum atomic E-state index is -0.386. The SMILES string of the molecule is O=C(C1Cc2ccccc2O1)N(Cc1ccc(OCC2CCC2)cc1)C1CC1. The van der Waals surface area contributed by atoms with Crippen molar-refractivity contribution in [3.05, 3.63) is 59.7 Å². The highest BCUT2D eigenvalue weighted by Gasteiger charge is 2.39. The summed E-state index contributed by atoms with van der Waals surface area (Å²) < 4.78 is 11.8. The summed E-state index contributed by atoms with van der Waals surface area (Å²) in [7, 11) is 0. The maximum absolute atomic E-state index is 13.2. The normalized spacial score (nSPS) is 20.8. The molecule has 28 heavy (non-hydrogen) atoms. The Bertz CT molecular complexity index is 814. The number of para-hydroxylation sites is 1. The van der Waals surface area contributed by atoms with E-state index in [-0.39, 0.29) is 12.0 Å². The standard InChI is InChI=1S/C24H27NO3/c26-24(23-14-19-6-1-2-7-22(19)28-23)25(20-10-11-20)15-17-8-12-21(13-9-17)27-16-18-4-3-5-18/h1-2,6-9,12-13,18,20,23H,3-5,10-11,14-16H2. The van der Waals surface area contributed by atoms with Crippen LogP contribution in [0.3, 0.4) is 0 Å². The van der Waals surface area contributed by atoms with Gasteiger partial charge in [0, 0.05) is 19.0 Å². The number of benzene rings is 2. The first-order chi connectivity index (χ1) is 13.8. The molecule has 4 heteroatoms. The van der Waals surface area contributed by atoms with Crippen molar-refractivity contribution in [2.24, 2.45) is 5.92 Å². The first kappa shape index (κ1) is 17.6. The molecule has 0 saturated heterocycles. The highest BCUT2D eigenvalue weighted by Crippen LogP contribution is 2.34. The third-order valence-electron chi connectivity index (χ3n) is 6.18. The molecule has 0 N–H and O–H groups in total. The van der Waals surface area contributed by atoms with Crippen LogP contribution in [0.5, 0.6) is 11.5 Å². The second-order valence-electron chi connectivity index (χ2n) is 8.37. The fraction of sp³-hybridized carbons (Fsp3) is 0.458. The Morgan fingerprint density at radius 3 is 2.50 bits per heavy atom. The molecule has 0 aromatic heterocycles. The number of nitrogens with zero attached hydrogens (tertiary/aromatic N) is 1. The van der Waals surface area contributed by atoms with E-state index in [9.17, 15) is 4.79 Å². The van der Waals surface area contributed by atoms with Crippen molar-refractivity contribution in [3.8, 4) is 11.5 Å². The summed E-state index contributed by atoms with van der Waals surface area (Å²) in [5.74, 6) is 2.63. The zero-order valence-corrected chi connectivity index (χ0v) is 16.2. The number of ether oxygens (including phenoxy) is 2. The summed E-state index contributed by atoms with van der Waals surface area (Å²) in [4.78, 5) is 15.2. The Hall–Kier alpha value is -2.49. The van der Waals surface area contributed by atoms with Crippen LogP contribution in [0.2, 0.25) is 0 Å². The Labute approximate surface area is 166 Å². The molecule has 1 unspecified atom stereocenters. The van der Waals surface area contributed by atoms with Gasteiger partial charge in [0.25, 0.3) is 5.91 Å². The fourth-order valence-electron chi connectivity index (χ4n) is 4.04. The second-order valence-corrected chi connectivity index (χ2v) is 8.37. The van der Waals surface area contributed by atoms with E-state index in [0.717, 1.165) is 48.0 Å². The highest BCUT2D eigenvalue weighted by molar-refractivity contribution is 5.83. The second kappa shape index (κ2) is 7.50. The van der Waals surface area contributed by atoms with Crippen molar-refractivity contribution >= 4 is 5.91 Å². The van der Waals surface area contributed by atoms with Gasteiger partial charge in [-0.15, -0.1) is 0 Å². The average molecular weight is 377 g/mol. The third-order valence-corrected chi connectivity index (χ3v) is 6.18. The van der Waals surface area contributed by atoms with Crippen molar-refractivity contribution in [3.63, 3.8) is 0 Å². The van der Waals surface area contributed by atoms with Gasteiger partial charge in [-0.1, -0.05) is 36.8 Å². The summed E-state index contributed by atoms with van der Waals surface area (Å²) in [5.41, 5.74) is 2.27. The zero-order valence-electron chi connectivity index (χ0n) is 16.2. The fourth-order valence-corrected chi connectivity index (χ4v) is 4.04. The van der Waals surface area contributed by atoms with Crippen molar-refractivity contribution in [2.75, 3.05) is 6.61 Å². The molecule has 2 aromatic rings. The lowest BCUT2D eigenvalue weighted by Gasteiger charge is -2.26. The minimum absolute atomic E-state index is 0.115. The van der Waals surface area contributed by atoms with Gasteiger partial charge in [-0.3, -0.25) is 4.79 Å². The molecule has 2 aliphatic carbocycles. The smallest absolute Gasteiger partial charge is 0.264 e. The first-order valence-electron chi connectivity index (χ1n) is 10.5.